The lowest BCUT2D eigenvalue weighted by atomic mass is 9.99. The van der Waals surface area contributed by atoms with E-state index >= 15 is 0 Å². The molecular weight excluding hydrogens is 546 g/mol. The van der Waals surface area contributed by atoms with Crippen molar-refractivity contribution in [3.05, 3.63) is 77.9 Å². The number of nitrogens with one attached hydrogen (secondary N) is 2. The Hall–Kier alpha value is -4.14. The van der Waals surface area contributed by atoms with E-state index in [1.54, 1.807) is 65.8 Å². The van der Waals surface area contributed by atoms with Crippen molar-refractivity contribution in [1.82, 2.24) is 15.5 Å². The molecule has 0 heterocycles. The molecule has 0 saturated heterocycles. The Kier molecular flexibility index (Phi) is 13.0. The van der Waals surface area contributed by atoms with Gasteiger partial charge in [-0.3, -0.25) is 9.59 Å². The number of carbonyl (C=O) groups is 4. The largest absolute Gasteiger partial charge is 0.458 e. The topological polar surface area (TPSA) is 114 Å². The van der Waals surface area contributed by atoms with E-state index in [1.165, 1.54) is 4.90 Å². The predicted octanol–water partition coefficient (Wildman–Crippen LogP) is 5.59. The van der Waals surface area contributed by atoms with Gasteiger partial charge in [-0.1, -0.05) is 74.5 Å². The van der Waals surface area contributed by atoms with Crippen LogP contribution in [-0.2, 0) is 30.3 Å². The molecule has 0 fully saturated rings. The molecule has 2 atom stereocenters. The summed E-state index contributed by atoms with van der Waals surface area (Å²) in [7, 11) is 0. The lowest BCUT2D eigenvalue weighted by molar-refractivity contribution is -0.159. The van der Waals surface area contributed by atoms with Crippen LogP contribution in [0.15, 0.2) is 61.2 Å². The van der Waals surface area contributed by atoms with Crippen LogP contribution in [0.5, 0.6) is 0 Å². The van der Waals surface area contributed by atoms with Crippen molar-refractivity contribution in [3.8, 4) is 0 Å². The van der Waals surface area contributed by atoms with Crippen molar-refractivity contribution in [2.45, 2.75) is 91.0 Å². The van der Waals surface area contributed by atoms with E-state index in [-0.39, 0.29) is 19.5 Å². The minimum atomic E-state index is -1.10. The van der Waals surface area contributed by atoms with Crippen LogP contribution in [0.25, 0.3) is 6.08 Å². The molecule has 2 rings (SSSR count). The summed E-state index contributed by atoms with van der Waals surface area (Å²) in [6.45, 7) is 16.2. The number of amides is 3. The molecule has 0 aromatic heterocycles. The zero-order valence-corrected chi connectivity index (χ0v) is 26.6. The van der Waals surface area contributed by atoms with Gasteiger partial charge in [-0.2, -0.15) is 0 Å². The second kappa shape index (κ2) is 15.9. The van der Waals surface area contributed by atoms with Crippen LogP contribution >= 0.6 is 0 Å². The molecule has 0 radical (unpaired) electrons. The van der Waals surface area contributed by atoms with Gasteiger partial charge in [0, 0.05) is 13.0 Å². The molecule has 234 valence electrons. The van der Waals surface area contributed by atoms with E-state index < -0.39 is 47.2 Å². The summed E-state index contributed by atoms with van der Waals surface area (Å²) >= 11 is 0. The Morgan fingerprint density at radius 3 is 2.16 bits per heavy atom. The SMILES string of the molecule is C=Cc1cccc(C(C(=O)NC(Cc2ccccc2)C(=O)OC(C)(C)C)N(CCCC)C(=O)CNC(=O)OC(C)(C)C)c1. The number of benzene rings is 2. The molecule has 0 spiro atoms. The molecule has 43 heavy (non-hydrogen) atoms. The van der Waals surface area contributed by atoms with E-state index in [2.05, 4.69) is 17.2 Å². The highest BCUT2D eigenvalue weighted by molar-refractivity contribution is 5.93. The average molecular weight is 594 g/mol. The molecule has 2 aromatic rings. The van der Waals surface area contributed by atoms with Gasteiger partial charge in [-0.05, 0) is 70.7 Å². The molecule has 2 unspecified atom stereocenters. The minimum absolute atomic E-state index is 0.198. The third kappa shape index (κ3) is 12.3. The Labute approximate surface area is 256 Å². The normalized spacial score (nSPS) is 12.8. The Morgan fingerprint density at radius 2 is 1.58 bits per heavy atom. The zero-order chi connectivity index (χ0) is 32.2. The Morgan fingerprint density at radius 1 is 0.930 bits per heavy atom. The lowest BCUT2D eigenvalue weighted by Gasteiger charge is -2.33. The number of esters is 1. The third-order valence-corrected chi connectivity index (χ3v) is 6.17. The molecule has 0 aliphatic carbocycles. The molecule has 3 amide bonds. The average Bonchev–Trinajstić information content (AvgIpc) is 2.92. The number of nitrogens with zero attached hydrogens (tertiary/aromatic N) is 1. The fourth-order valence-electron chi connectivity index (χ4n) is 4.29. The number of unbranched alkanes of at least 4 members (excludes halogenated alkanes) is 1. The summed E-state index contributed by atoms with van der Waals surface area (Å²) in [4.78, 5) is 54.9. The molecule has 0 saturated carbocycles. The highest BCUT2D eigenvalue weighted by atomic mass is 16.6. The first-order valence-corrected chi connectivity index (χ1v) is 14.7. The zero-order valence-electron chi connectivity index (χ0n) is 26.6. The summed E-state index contributed by atoms with van der Waals surface area (Å²) in [6.07, 6.45) is 2.49. The van der Waals surface area contributed by atoms with Gasteiger partial charge in [0.2, 0.25) is 11.8 Å². The highest BCUT2D eigenvalue weighted by Crippen LogP contribution is 2.25. The lowest BCUT2D eigenvalue weighted by Crippen LogP contribution is -2.52. The van der Waals surface area contributed by atoms with Gasteiger partial charge in [-0.15, -0.1) is 0 Å². The van der Waals surface area contributed by atoms with Crippen molar-refractivity contribution in [1.29, 1.82) is 0 Å². The molecule has 0 bridgehead atoms. The van der Waals surface area contributed by atoms with Gasteiger partial charge in [0.25, 0.3) is 0 Å². The van der Waals surface area contributed by atoms with Crippen LogP contribution in [0.1, 0.15) is 84.0 Å². The van der Waals surface area contributed by atoms with Crippen molar-refractivity contribution < 1.29 is 28.7 Å². The van der Waals surface area contributed by atoms with E-state index in [0.29, 0.717) is 12.0 Å². The van der Waals surface area contributed by atoms with Crippen LogP contribution in [0, 0.1) is 0 Å². The van der Waals surface area contributed by atoms with E-state index in [0.717, 1.165) is 17.5 Å². The fraction of sp³-hybridized carbons (Fsp3) is 0.471. The Bertz CT molecular complexity index is 1250. The van der Waals surface area contributed by atoms with Crippen LogP contribution in [0.4, 0.5) is 4.79 Å². The molecule has 2 aromatic carbocycles. The van der Waals surface area contributed by atoms with Gasteiger partial charge < -0.3 is 25.0 Å². The number of rotatable bonds is 13. The predicted molar refractivity (Wildman–Crippen MR) is 168 cm³/mol. The molecule has 9 nitrogen and oxygen atoms in total. The van der Waals surface area contributed by atoms with Crippen LogP contribution in [0.3, 0.4) is 0 Å². The maximum absolute atomic E-state index is 14.2. The summed E-state index contributed by atoms with van der Waals surface area (Å²) in [5.74, 6) is -1.60. The number of carbonyl (C=O) groups excluding carboxylic acids is 4. The number of alkyl carbamates (subject to hydrolysis) is 1. The van der Waals surface area contributed by atoms with Crippen molar-refractivity contribution in [2.24, 2.45) is 0 Å². The first-order valence-electron chi connectivity index (χ1n) is 14.7. The monoisotopic (exact) mass is 593 g/mol. The fourth-order valence-corrected chi connectivity index (χ4v) is 4.29. The maximum atomic E-state index is 14.2. The van der Waals surface area contributed by atoms with Gasteiger partial charge in [0.15, 0.2) is 0 Å². The summed E-state index contributed by atoms with van der Waals surface area (Å²) in [5, 5.41) is 5.39. The summed E-state index contributed by atoms with van der Waals surface area (Å²) in [6, 6.07) is 14.4. The standard InChI is InChI=1S/C34H47N3O6/c1-9-11-20-37(28(38)23-35-32(41)43-34(6,7)8)29(26-19-15-18-24(10-2)21-26)30(39)36-27(31(40)42-33(3,4)5)22-25-16-13-12-14-17-25/h10,12-19,21,27,29H,2,9,11,20,22-23H2,1,3-8H3,(H,35,41)(H,36,39). The highest BCUT2D eigenvalue weighted by Gasteiger charge is 2.35. The van der Waals surface area contributed by atoms with E-state index in [9.17, 15) is 19.2 Å². The van der Waals surface area contributed by atoms with Gasteiger partial charge in [-0.25, -0.2) is 9.59 Å². The second-order valence-electron chi connectivity index (χ2n) is 12.4. The first kappa shape index (κ1) is 35.1. The van der Waals surface area contributed by atoms with Gasteiger partial charge >= 0.3 is 12.1 Å². The smallest absolute Gasteiger partial charge is 0.408 e. The molecule has 0 aliphatic rings. The minimum Gasteiger partial charge on any atom is -0.458 e. The number of hydrogen-bond donors (Lipinski definition) is 2. The molecular formula is C34H47N3O6. The maximum Gasteiger partial charge on any atom is 0.408 e. The molecule has 2 N–H and O–H groups in total. The number of ether oxygens (including phenoxy) is 2. The Balaban J connectivity index is 2.49. The first-order chi connectivity index (χ1) is 20.1. The van der Waals surface area contributed by atoms with E-state index in [1.807, 2.05) is 43.3 Å². The van der Waals surface area contributed by atoms with Crippen LogP contribution in [0.2, 0.25) is 0 Å². The number of hydrogen-bond acceptors (Lipinski definition) is 6. The summed E-state index contributed by atoms with van der Waals surface area (Å²) in [5.41, 5.74) is 0.629. The van der Waals surface area contributed by atoms with Gasteiger partial charge in [0.1, 0.15) is 29.8 Å². The van der Waals surface area contributed by atoms with Crippen molar-refractivity contribution in [3.63, 3.8) is 0 Å². The van der Waals surface area contributed by atoms with Crippen molar-refractivity contribution in [2.75, 3.05) is 13.1 Å². The van der Waals surface area contributed by atoms with Crippen LogP contribution < -0.4 is 10.6 Å². The van der Waals surface area contributed by atoms with Crippen molar-refractivity contribution >= 4 is 30.0 Å². The third-order valence-electron chi connectivity index (χ3n) is 6.17. The molecule has 0 aliphatic heterocycles. The quantitative estimate of drug-likeness (QED) is 0.293. The molecule has 9 heteroatoms. The second-order valence-corrected chi connectivity index (χ2v) is 12.4. The van der Waals surface area contributed by atoms with E-state index in [4.69, 9.17) is 9.47 Å². The summed E-state index contributed by atoms with van der Waals surface area (Å²) < 4.78 is 10.9. The van der Waals surface area contributed by atoms with Gasteiger partial charge in [0.05, 0.1) is 0 Å². The van der Waals surface area contributed by atoms with Crippen LogP contribution in [-0.4, -0.2) is 59.1 Å².